The van der Waals surface area contributed by atoms with Crippen molar-refractivity contribution in [2.75, 3.05) is 12.3 Å². The van der Waals surface area contributed by atoms with E-state index in [0.29, 0.717) is 17.6 Å². The van der Waals surface area contributed by atoms with Gasteiger partial charge in [0.1, 0.15) is 30.1 Å². The smallest absolute Gasteiger partial charge is 0.242 e. The van der Waals surface area contributed by atoms with Crippen LogP contribution < -0.4 is 22.1 Å². The van der Waals surface area contributed by atoms with E-state index >= 15 is 0 Å². The number of hydrogen-bond acceptors (Lipinski definition) is 10. The molecule has 2 aromatic heterocycles. The first-order valence-electron chi connectivity index (χ1n) is 11.1. The molecular formula is C22H28N8O5. The van der Waals surface area contributed by atoms with Gasteiger partial charge in [0.2, 0.25) is 11.8 Å². The second kappa shape index (κ2) is 10.3. The highest BCUT2D eigenvalue weighted by molar-refractivity contribution is 5.89. The number of aromatic nitrogens is 4. The molecule has 1 fully saturated rings. The Labute approximate surface area is 200 Å². The number of rotatable bonds is 8. The van der Waals surface area contributed by atoms with Gasteiger partial charge in [-0.3, -0.25) is 14.2 Å². The van der Waals surface area contributed by atoms with E-state index in [2.05, 4.69) is 25.6 Å². The van der Waals surface area contributed by atoms with Crippen LogP contribution in [-0.2, 0) is 20.7 Å². The fourth-order valence-electron chi connectivity index (χ4n) is 4.00. The number of fused-ring (bicyclic) bond motifs is 1. The minimum Gasteiger partial charge on any atom is -0.394 e. The van der Waals surface area contributed by atoms with Crippen molar-refractivity contribution in [1.82, 2.24) is 30.2 Å². The molecule has 8 N–H and O–H groups in total. The highest BCUT2D eigenvalue weighted by atomic mass is 16.5. The van der Waals surface area contributed by atoms with Crippen molar-refractivity contribution in [3.05, 3.63) is 48.5 Å². The van der Waals surface area contributed by atoms with Crippen molar-refractivity contribution in [3.8, 4) is 0 Å². The maximum absolute atomic E-state index is 12.8. The summed E-state index contributed by atoms with van der Waals surface area (Å²) in [7, 11) is 0. The number of carbonyl (C=O) groups is 2. The zero-order chi connectivity index (χ0) is 25.1. The molecule has 0 unspecified atom stereocenters. The Kier molecular flexibility index (Phi) is 7.21. The van der Waals surface area contributed by atoms with Gasteiger partial charge in [-0.25, -0.2) is 15.0 Å². The summed E-state index contributed by atoms with van der Waals surface area (Å²) >= 11 is 0. The van der Waals surface area contributed by atoms with Crippen molar-refractivity contribution in [2.24, 2.45) is 5.73 Å². The zero-order valence-corrected chi connectivity index (χ0v) is 19.0. The molecule has 4 rings (SSSR count). The molecule has 0 radical (unpaired) electrons. The monoisotopic (exact) mass is 484 g/mol. The third-order valence-corrected chi connectivity index (χ3v) is 5.91. The summed E-state index contributed by atoms with van der Waals surface area (Å²) in [5.41, 5.74) is 13.4. The SMILES string of the molecule is C[C@@H](NC(=O)[C@H](N)Cc1ccccc1)C(=O)N[C@@H]1[C@@H](O)[C@@H](n2cnc3c(N)ncnc32)O[C@H]1CO. The lowest BCUT2D eigenvalue weighted by atomic mass is 10.1. The van der Waals surface area contributed by atoms with Crippen LogP contribution in [0.25, 0.3) is 11.2 Å². The predicted molar refractivity (Wildman–Crippen MR) is 124 cm³/mol. The Balaban J connectivity index is 1.40. The number of benzene rings is 1. The highest BCUT2D eigenvalue weighted by Crippen LogP contribution is 2.31. The molecule has 6 atom stereocenters. The lowest BCUT2D eigenvalue weighted by Gasteiger charge is -2.24. The van der Waals surface area contributed by atoms with E-state index in [1.807, 2.05) is 30.3 Å². The predicted octanol–water partition coefficient (Wildman–Crippen LogP) is -1.78. The number of nitrogens with zero attached hydrogens (tertiary/aromatic N) is 4. The van der Waals surface area contributed by atoms with Crippen LogP contribution in [0, 0.1) is 0 Å². The maximum Gasteiger partial charge on any atom is 0.242 e. The van der Waals surface area contributed by atoms with Crippen LogP contribution in [0.4, 0.5) is 5.82 Å². The fraction of sp³-hybridized carbons (Fsp3) is 0.409. The normalized spacial score (nSPS) is 23.7. The molecule has 1 aromatic carbocycles. The summed E-state index contributed by atoms with van der Waals surface area (Å²) in [6.07, 6.45) is -0.212. The van der Waals surface area contributed by atoms with E-state index in [4.69, 9.17) is 16.2 Å². The summed E-state index contributed by atoms with van der Waals surface area (Å²) in [6.45, 7) is 1.03. The largest absolute Gasteiger partial charge is 0.394 e. The van der Waals surface area contributed by atoms with Gasteiger partial charge in [0.15, 0.2) is 17.7 Å². The van der Waals surface area contributed by atoms with Gasteiger partial charge in [-0.15, -0.1) is 0 Å². The van der Waals surface area contributed by atoms with Gasteiger partial charge in [0.25, 0.3) is 0 Å². The van der Waals surface area contributed by atoms with E-state index < -0.39 is 55.0 Å². The van der Waals surface area contributed by atoms with Gasteiger partial charge in [-0.2, -0.15) is 0 Å². The number of aliphatic hydroxyl groups excluding tert-OH is 2. The molecule has 1 saturated heterocycles. The molecule has 35 heavy (non-hydrogen) atoms. The summed E-state index contributed by atoms with van der Waals surface area (Å²) < 4.78 is 7.25. The quantitative estimate of drug-likeness (QED) is 0.212. The molecule has 2 amide bonds. The van der Waals surface area contributed by atoms with Crippen LogP contribution in [0.3, 0.4) is 0 Å². The van der Waals surface area contributed by atoms with Crippen molar-refractivity contribution in [3.63, 3.8) is 0 Å². The van der Waals surface area contributed by atoms with Crippen LogP contribution in [0.15, 0.2) is 43.0 Å². The minimum atomic E-state index is -1.26. The van der Waals surface area contributed by atoms with E-state index in [9.17, 15) is 19.8 Å². The Morgan fingerprint density at radius 1 is 1.20 bits per heavy atom. The van der Waals surface area contributed by atoms with Crippen LogP contribution in [-0.4, -0.2) is 78.5 Å². The number of aliphatic hydroxyl groups is 2. The van der Waals surface area contributed by atoms with Gasteiger partial charge < -0.3 is 37.1 Å². The van der Waals surface area contributed by atoms with Gasteiger partial charge in [-0.1, -0.05) is 30.3 Å². The fourth-order valence-corrected chi connectivity index (χ4v) is 4.00. The Morgan fingerprint density at radius 3 is 2.66 bits per heavy atom. The first kappa shape index (κ1) is 24.5. The molecular weight excluding hydrogens is 456 g/mol. The number of carbonyl (C=O) groups excluding carboxylic acids is 2. The molecule has 1 aliphatic rings. The molecule has 1 aliphatic heterocycles. The molecule has 13 nitrogen and oxygen atoms in total. The number of nitrogens with two attached hydrogens (primary N) is 2. The zero-order valence-electron chi connectivity index (χ0n) is 19.0. The third kappa shape index (κ3) is 5.07. The lowest BCUT2D eigenvalue weighted by molar-refractivity contribution is -0.130. The summed E-state index contributed by atoms with van der Waals surface area (Å²) in [5.74, 6) is -0.891. The Bertz CT molecular complexity index is 1190. The van der Waals surface area contributed by atoms with Crippen molar-refractivity contribution in [1.29, 1.82) is 0 Å². The number of nitrogens with one attached hydrogen (secondary N) is 2. The molecule has 3 heterocycles. The second-order valence-corrected chi connectivity index (χ2v) is 8.38. The Morgan fingerprint density at radius 2 is 1.94 bits per heavy atom. The van der Waals surface area contributed by atoms with Crippen LogP contribution >= 0.6 is 0 Å². The van der Waals surface area contributed by atoms with Crippen molar-refractivity contribution < 1.29 is 24.5 Å². The number of nitrogen functional groups attached to an aromatic ring is 1. The first-order valence-corrected chi connectivity index (χ1v) is 11.1. The maximum atomic E-state index is 12.8. The van der Waals surface area contributed by atoms with Gasteiger partial charge in [-0.05, 0) is 18.9 Å². The summed E-state index contributed by atoms with van der Waals surface area (Å²) in [5, 5.41) is 26.0. The molecule has 13 heteroatoms. The minimum absolute atomic E-state index is 0.167. The molecule has 0 spiro atoms. The van der Waals surface area contributed by atoms with Crippen LogP contribution in [0.1, 0.15) is 18.7 Å². The van der Waals surface area contributed by atoms with Gasteiger partial charge in [0.05, 0.1) is 25.0 Å². The topological polar surface area (TPSA) is 204 Å². The third-order valence-electron chi connectivity index (χ3n) is 5.91. The standard InChI is InChI=1S/C22H28N8O5/c1-11(28-21(34)13(23)7-12-5-3-2-4-6-12)20(33)29-15-14(8-31)35-22(17(15)32)30-10-27-16-18(24)25-9-26-19(16)30/h2-6,9-11,13-15,17,22,31-32H,7-8,23H2,1H3,(H,28,34)(H,29,33)(H2,24,25,26)/t11-,13-,14+,15+,17-,22+/m1/s1. The van der Waals surface area contributed by atoms with E-state index in [1.54, 1.807) is 0 Å². The van der Waals surface area contributed by atoms with Gasteiger partial charge in [0, 0.05) is 0 Å². The van der Waals surface area contributed by atoms with E-state index in [0.717, 1.165) is 5.56 Å². The number of amides is 2. The van der Waals surface area contributed by atoms with E-state index in [1.165, 1.54) is 24.1 Å². The number of hydrogen-bond donors (Lipinski definition) is 6. The van der Waals surface area contributed by atoms with E-state index in [-0.39, 0.29) is 5.82 Å². The highest BCUT2D eigenvalue weighted by Gasteiger charge is 2.46. The molecule has 0 saturated carbocycles. The van der Waals surface area contributed by atoms with Crippen molar-refractivity contribution >= 4 is 28.8 Å². The van der Waals surface area contributed by atoms with Crippen LogP contribution in [0.2, 0.25) is 0 Å². The Hall–Kier alpha value is -3.65. The van der Waals surface area contributed by atoms with Gasteiger partial charge >= 0.3 is 0 Å². The molecule has 0 bridgehead atoms. The number of imidazole rings is 1. The van der Waals surface area contributed by atoms with Crippen LogP contribution in [0.5, 0.6) is 0 Å². The number of anilines is 1. The van der Waals surface area contributed by atoms with Crippen molar-refractivity contribution in [2.45, 2.75) is 49.9 Å². The second-order valence-electron chi connectivity index (χ2n) is 8.38. The summed E-state index contributed by atoms with van der Waals surface area (Å²) in [6, 6.07) is 6.54. The average Bonchev–Trinajstić information content (AvgIpc) is 3.41. The first-order chi connectivity index (χ1) is 16.8. The average molecular weight is 485 g/mol. The lowest BCUT2D eigenvalue weighted by Crippen LogP contribution is -2.56. The molecule has 0 aliphatic carbocycles. The number of ether oxygens (including phenoxy) is 1. The molecule has 3 aromatic rings. The molecule has 186 valence electrons. The summed E-state index contributed by atoms with van der Waals surface area (Å²) in [4.78, 5) is 37.4.